The molecule has 0 fully saturated rings. The topological polar surface area (TPSA) is 20.2 Å². The molecule has 1 aromatic rings. The molecule has 1 rings (SSSR count). The summed E-state index contributed by atoms with van der Waals surface area (Å²) >= 11 is 0.387. The molecule has 0 aliphatic rings. The molecule has 2 atom stereocenters. The monoisotopic (exact) mass is 268 g/mol. The van der Waals surface area contributed by atoms with Gasteiger partial charge < -0.3 is 0 Å². The molecular formula is C13H16OSe. The van der Waals surface area contributed by atoms with Crippen molar-refractivity contribution >= 4 is 19.4 Å². The first-order valence-corrected chi connectivity index (χ1v) is 6.97. The average Bonchev–Trinajstić information content (AvgIpc) is 2.25. The number of benzene rings is 1. The van der Waals surface area contributed by atoms with Gasteiger partial charge in [-0.2, -0.15) is 0 Å². The first-order valence-electron chi connectivity index (χ1n) is 5.13. The van der Waals surface area contributed by atoms with Gasteiger partial charge in [-0.3, -0.25) is 0 Å². The molecule has 0 saturated heterocycles. The summed E-state index contributed by atoms with van der Waals surface area (Å²) < 4.78 is 1.37. The first kappa shape index (κ1) is 12.3. The molecule has 0 spiro atoms. The third-order valence-electron chi connectivity index (χ3n) is 1.85. The Labute approximate surface area is 98.1 Å². The molecule has 0 aromatic heterocycles. The Kier molecular flexibility index (Phi) is 5.50. The fourth-order valence-electron chi connectivity index (χ4n) is 1.09. The van der Waals surface area contributed by atoms with Crippen LogP contribution in [0, 0.1) is 11.8 Å². The maximum absolute atomic E-state index is 9.10. The minimum absolute atomic E-state index is 0.387. The standard InChI is InChI=1S/C13H16OSe/c1-3-12(10-9-11(2)14)15-13-7-5-4-6-8-13/h4-8,11-12,14H,3H2,1-2H3. The van der Waals surface area contributed by atoms with Crippen molar-refractivity contribution in [2.75, 3.05) is 0 Å². The zero-order valence-electron chi connectivity index (χ0n) is 9.10. The molecule has 0 saturated carbocycles. The molecule has 1 aromatic carbocycles. The molecule has 1 N–H and O–H groups in total. The van der Waals surface area contributed by atoms with Crippen LogP contribution in [0.1, 0.15) is 20.3 Å². The maximum atomic E-state index is 9.10. The summed E-state index contributed by atoms with van der Waals surface area (Å²) in [5.74, 6) is 5.98. The molecule has 15 heavy (non-hydrogen) atoms. The Hall–Kier alpha value is -0.741. The van der Waals surface area contributed by atoms with E-state index in [4.69, 9.17) is 5.11 Å². The Morgan fingerprint density at radius 1 is 1.27 bits per heavy atom. The van der Waals surface area contributed by atoms with Crippen LogP contribution in [0.15, 0.2) is 30.3 Å². The molecular weight excluding hydrogens is 251 g/mol. The van der Waals surface area contributed by atoms with E-state index in [0.29, 0.717) is 19.8 Å². The van der Waals surface area contributed by atoms with Gasteiger partial charge in [-0.25, -0.2) is 0 Å². The van der Waals surface area contributed by atoms with Gasteiger partial charge in [-0.1, -0.05) is 0 Å². The Morgan fingerprint density at radius 2 is 1.93 bits per heavy atom. The van der Waals surface area contributed by atoms with E-state index in [1.54, 1.807) is 6.92 Å². The third-order valence-corrected chi connectivity index (χ3v) is 4.53. The van der Waals surface area contributed by atoms with Gasteiger partial charge in [0.1, 0.15) is 0 Å². The number of aliphatic hydroxyl groups is 1. The zero-order chi connectivity index (χ0) is 11.1. The molecule has 1 nitrogen and oxygen atoms in total. The van der Waals surface area contributed by atoms with E-state index < -0.39 is 6.10 Å². The summed E-state index contributed by atoms with van der Waals surface area (Å²) in [6, 6.07) is 10.4. The van der Waals surface area contributed by atoms with E-state index in [-0.39, 0.29) is 0 Å². The van der Waals surface area contributed by atoms with Crippen LogP contribution in [-0.2, 0) is 0 Å². The van der Waals surface area contributed by atoms with Crippen molar-refractivity contribution in [3.63, 3.8) is 0 Å². The van der Waals surface area contributed by atoms with Gasteiger partial charge in [-0.05, 0) is 0 Å². The van der Waals surface area contributed by atoms with E-state index in [1.807, 2.05) is 6.07 Å². The van der Waals surface area contributed by atoms with E-state index in [2.05, 4.69) is 43.0 Å². The van der Waals surface area contributed by atoms with E-state index in [0.717, 1.165) is 6.42 Å². The molecule has 0 aliphatic heterocycles. The Bertz CT molecular complexity index is 335. The van der Waals surface area contributed by atoms with Crippen LogP contribution in [0.4, 0.5) is 0 Å². The Balaban J connectivity index is 2.60. The van der Waals surface area contributed by atoms with E-state index >= 15 is 0 Å². The van der Waals surface area contributed by atoms with Crippen LogP contribution in [0.25, 0.3) is 0 Å². The van der Waals surface area contributed by atoms with Gasteiger partial charge >= 0.3 is 97.9 Å². The predicted octanol–water partition coefficient (Wildman–Crippen LogP) is 1.60. The first-order chi connectivity index (χ1) is 7.22. The van der Waals surface area contributed by atoms with Gasteiger partial charge in [-0.15, -0.1) is 0 Å². The second kappa shape index (κ2) is 6.69. The summed E-state index contributed by atoms with van der Waals surface area (Å²) in [4.78, 5) is 0.412. The molecule has 80 valence electrons. The number of rotatable bonds is 3. The summed E-state index contributed by atoms with van der Waals surface area (Å²) in [7, 11) is 0. The summed E-state index contributed by atoms with van der Waals surface area (Å²) in [6.45, 7) is 3.85. The quantitative estimate of drug-likeness (QED) is 0.651. The SMILES string of the molecule is CCC(C#CC(C)O)[Se]c1ccccc1. The number of aliphatic hydroxyl groups excluding tert-OH is 1. The molecule has 0 amide bonds. The molecule has 0 bridgehead atoms. The van der Waals surface area contributed by atoms with Crippen molar-refractivity contribution in [2.45, 2.75) is 31.2 Å². The van der Waals surface area contributed by atoms with Crippen molar-refractivity contribution < 1.29 is 5.11 Å². The van der Waals surface area contributed by atoms with Crippen molar-refractivity contribution in [3.8, 4) is 11.8 Å². The predicted molar refractivity (Wildman–Crippen MR) is 65.3 cm³/mol. The van der Waals surface area contributed by atoms with Crippen LogP contribution in [0.3, 0.4) is 0 Å². The van der Waals surface area contributed by atoms with Gasteiger partial charge in [0.2, 0.25) is 0 Å². The fraction of sp³-hybridized carbons (Fsp3) is 0.385. The summed E-state index contributed by atoms with van der Waals surface area (Å²) in [5.41, 5.74) is 0. The van der Waals surface area contributed by atoms with Crippen LogP contribution >= 0.6 is 0 Å². The van der Waals surface area contributed by atoms with Gasteiger partial charge in [0.15, 0.2) is 0 Å². The second-order valence-electron chi connectivity index (χ2n) is 3.29. The van der Waals surface area contributed by atoms with Crippen molar-refractivity contribution in [3.05, 3.63) is 30.3 Å². The van der Waals surface area contributed by atoms with Gasteiger partial charge in [0.25, 0.3) is 0 Å². The van der Waals surface area contributed by atoms with Gasteiger partial charge in [0, 0.05) is 0 Å². The molecule has 2 unspecified atom stereocenters. The summed E-state index contributed by atoms with van der Waals surface area (Å²) in [6.07, 6.45) is 0.542. The van der Waals surface area contributed by atoms with E-state index in [9.17, 15) is 0 Å². The van der Waals surface area contributed by atoms with Crippen molar-refractivity contribution in [1.82, 2.24) is 0 Å². The number of hydrogen-bond donors (Lipinski definition) is 1. The summed E-state index contributed by atoms with van der Waals surface area (Å²) in [5, 5.41) is 9.10. The van der Waals surface area contributed by atoms with Crippen LogP contribution in [-0.4, -0.2) is 26.2 Å². The zero-order valence-corrected chi connectivity index (χ0v) is 10.8. The van der Waals surface area contributed by atoms with E-state index in [1.165, 1.54) is 4.46 Å². The molecule has 2 heteroatoms. The van der Waals surface area contributed by atoms with Gasteiger partial charge in [0.05, 0.1) is 0 Å². The molecule has 0 aliphatic carbocycles. The van der Waals surface area contributed by atoms with Crippen molar-refractivity contribution in [2.24, 2.45) is 0 Å². The molecule has 0 heterocycles. The second-order valence-corrected chi connectivity index (χ2v) is 5.97. The van der Waals surface area contributed by atoms with Crippen molar-refractivity contribution in [1.29, 1.82) is 0 Å². The average molecular weight is 267 g/mol. The normalized spacial score (nSPS) is 13.8. The molecule has 0 radical (unpaired) electrons. The fourth-order valence-corrected chi connectivity index (χ4v) is 3.06. The number of hydrogen-bond acceptors (Lipinski definition) is 1. The van der Waals surface area contributed by atoms with Crippen LogP contribution < -0.4 is 4.46 Å². The third kappa shape index (κ3) is 5.04. The minimum atomic E-state index is -0.509. The van der Waals surface area contributed by atoms with Crippen LogP contribution in [0.5, 0.6) is 0 Å². The Morgan fingerprint density at radius 3 is 2.47 bits per heavy atom. The van der Waals surface area contributed by atoms with Crippen LogP contribution in [0.2, 0.25) is 4.82 Å².